The summed E-state index contributed by atoms with van der Waals surface area (Å²) in [6.45, 7) is 2.04. The summed E-state index contributed by atoms with van der Waals surface area (Å²) in [7, 11) is -3.59. The molecular formula is C19H22N2O4S. The first-order chi connectivity index (χ1) is 12.3. The molecule has 0 aromatic heterocycles. The minimum absolute atomic E-state index is 0.0767. The van der Waals surface area contributed by atoms with Gasteiger partial charge in [0, 0.05) is 24.1 Å². The van der Waals surface area contributed by atoms with Crippen molar-refractivity contribution < 1.29 is 18.0 Å². The Balaban J connectivity index is 1.85. The number of anilines is 1. The molecule has 0 unspecified atom stereocenters. The number of nitrogens with two attached hydrogens (primary N) is 1. The van der Waals surface area contributed by atoms with Crippen LogP contribution in [0.3, 0.4) is 0 Å². The Morgan fingerprint density at radius 1 is 0.923 bits per heavy atom. The molecule has 0 bridgehead atoms. The number of hydrogen-bond donors (Lipinski definition) is 2. The van der Waals surface area contributed by atoms with Gasteiger partial charge in [0.2, 0.25) is 15.9 Å². The van der Waals surface area contributed by atoms with Crippen LogP contribution in [0.15, 0.2) is 48.5 Å². The normalized spacial score (nSPS) is 11.2. The Morgan fingerprint density at radius 2 is 1.50 bits per heavy atom. The van der Waals surface area contributed by atoms with Gasteiger partial charge in [-0.1, -0.05) is 43.3 Å². The first-order valence-electron chi connectivity index (χ1n) is 8.28. The molecule has 2 aromatic rings. The predicted octanol–water partition coefficient (Wildman–Crippen LogP) is 2.64. The van der Waals surface area contributed by atoms with Crippen LogP contribution in [-0.2, 0) is 27.0 Å². The van der Waals surface area contributed by atoms with Gasteiger partial charge >= 0.3 is 0 Å². The number of amides is 1. The number of ketones is 1. The molecule has 0 fully saturated rings. The van der Waals surface area contributed by atoms with Gasteiger partial charge in [0.1, 0.15) is 0 Å². The van der Waals surface area contributed by atoms with Crippen molar-refractivity contribution in [1.82, 2.24) is 0 Å². The van der Waals surface area contributed by atoms with E-state index in [-0.39, 0.29) is 30.3 Å². The standard InChI is InChI=1S/C19H22N2O4S/c1-2-14-3-7-16(8-4-14)18(22)11-12-19(23)21-17-9-5-15(6-10-17)13-26(20,24)25/h3-10H,2,11-13H2,1H3,(H,21,23)(H2,20,24,25). The van der Waals surface area contributed by atoms with Gasteiger partial charge in [-0.3, -0.25) is 9.59 Å². The molecule has 0 spiro atoms. The van der Waals surface area contributed by atoms with E-state index in [1.165, 1.54) is 0 Å². The molecule has 0 atom stereocenters. The van der Waals surface area contributed by atoms with E-state index in [0.717, 1.165) is 12.0 Å². The zero-order valence-corrected chi connectivity index (χ0v) is 15.4. The molecule has 1 amide bonds. The van der Waals surface area contributed by atoms with Crippen LogP contribution < -0.4 is 10.5 Å². The maximum Gasteiger partial charge on any atom is 0.224 e. The van der Waals surface area contributed by atoms with Gasteiger partial charge in [-0.2, -0.15) is 0 Å². The van der Waals surface area contributed by atoms with Crippen LogP contribution in [0.4, 0.5) is 5.69 Å². The third kappa shape index (κ3) is 6.42. The molecule has 7 heteroatoms. The van der Waals surface area contributed by atoms with Crippen molar-refractivity contribution in [1.29, 1.82) is 0 Å². The summed E-state index contributed by atoms with van der Waals surface area (Å²) in [5.74, 6) is -0.610. The number of benzene rings is 2. The van der Waals surface area contributed by atoms with E-state index in [1.807, 2.05) is 19.1 Å². The molecule has 0 heterocycles. The molecular weight excluding hydrogens is 352 g/mol. The number of aryl methyl sites for hydroxylation is 1. The third-order valence-electron chi connectivity index (χ3n) is 3.87. The number of carbonyl (C=O) groups excluding carboxylic acids is 2. The summed E-state index contributed by atoms with van der Waals surface area (Å²) in [4.78, 5) is 24.1. The highest BCUT2D eigenvalue weighted by Gasteiger charge is 2.10. The monoisotopic (exact) mass is 374 g/mol. The number of Topliss-reactive ketones (excluding diaryl/α,β-unsaturated/α-hetero) is 1. The van der Waals surface area contributed by atoms with Crippen molar-refractivity contribution in [2.24, 2.45) is 5.14 Å². The second-order valence-corrected chi connectivity index (χ2v) is 7.64. The van der Waals surface area contributed by atoms with Gasteiger partial charge in [0.25, 0.3) is 0 Å². The smallest absolute Gasteiger partial charge is 0.224 e. The Labute approximate surface area is 153 Å². The summed E-state index contributed by atoms with van der Waals surface area (Å²) < 4.78 is 22.1. The second kappa shape index (κ2) is 8.73. The molecule has 0 saturated carbocycles. The highest BCUT2D eigenvalue weighted by Crippen LogP contribution is 2.13. The molecule has 0 aliphatic heterocycles. The van der Waals surface area contributed by atoms with Crippen molar-refractivity contribution in [3.05, 3.63) is 65.2 Å². The van der Waals surface area contributed by atoms with Crippen LogP contribution in [0.5, 0.6) is 0 Å². The van der Waals surface area contributed by atoms with E-state index < -0.39 is 10.0 Å². The number of nitrogens with one attached hydrogen (secondary N) is 1. The minimum Gasteiger partial charge on any atom is -0.326 e. The number of rotatable bonds is 8. The number of sulfonamides is 1. The molecule has 2 aromatic carbocycles. The minimum atomic E-state index is -3.59. The number of hydrogen-bond acceptors (Lipinski definition) is 4. The highest BCUT2D eigenvalue weighted by atomic mass is 32.2. The highest BCUT2D eigenvalue weighted by molar-refractivity contribution is 7.88. The lowest BCUT2D eigenvalue weighted by atomic mass is 10.0. The average molecular weight is 374 g/mol. The van der Waals surface area contributed by atoms with Crippen LogP contribution in [0.1, 0.15) is 41.3 Å². The van der Waals surface area contributed by atoms with Crippen molar-refractivity contribution in [2.75, 3.05) is 5.32 Å². The Bertz CT molecular complexity index is 873. The Hall–Kier alpha value is -2.51. The van der Waals surface area contributed by atoms with E-state index >= 15 is 0 Å². The average Bonchev–Trinajstić information content (AvgIpc) is 2.60. The molecule has 3 N–H and O–H groups in total. The van der Waals surface area contributed by atoms with E-state index in [2.05, 4.69) is 5.32 Å². The van der Waals surface area contributed by atoms with E-state index in [1.54, 1.807) is 36.4 Å². The van der Waals surface area contributed by atoms with Crippen LogP contribution in [0, 0.1) is 0 Å². The van der Waals surface area contributed by atoms with E-state index in [4.69, 9.17) is 5.14 Å². The fourth-order valence-electron chi connectivity index (χ4n) is 2.44. The summed E-state index contributed by atoms with van der Waals surface area (Å²) in [5, 5.41) is 7.67. The van der Waals surface area contributed by atoms with Gasteiger partial charge in [-0.05, 0) is 29.7 Å². The van der Waals surface area contributed by atoms with Crippen molar-refractivity contribution in [3.8, 4) is 0 Å². The summed E-state index contributed by atoms with van der Waals surface area (Å²) in [5.41, 5.74) is 2.83. The quantitative estimate of drug-likeness (QED) is 0.693. The van der Waals surface area contributed by atoms with Gasteiger partial charge in [0.05, 0.1) is 5.75 Å². The lowest BCUT2D eigenvalue weighted by molar-refractivity contribution is -0.116. The summed E-state index contributed by atoms with van der Waals surface area (Å²) in [6, 6.07) is 13.8. The number of carbonyl (C=O) groups is 2. The topological polar surface area (TPSA) is 106 Å². The van der Waals surface area contributed by atoms with Crippen LogP contribution in [0.2, 0.25) is 0 Å². The molecule has 138 valence electrons. The fraction of sp³-hybridized carbons (Fsp3) is 0.263. The van der Waals surface area contributed by atoms with Gasteiger partial charge in [-0.25, -0.2) is 13.6 Å². The van der Waals surface area contributed by atoms with Gasteiger partial charge in [0.15, 0.2) is 5.78 Å². The third-order valence-corrected chi connectivity index (χ3v) is 4.60. The largest absolute Gasteiger partial charge is 0.326 e. The molecule has 2 rings (SSSR count). The maximum absolute atomic E-state index is 12.1. The lowest BCUT2D eigenvalue weighted by Crippen LogP contribution is -2.15. The second-order valence-electron chi connectivity index (χ2n) is 6.03. The van der Waals surface area contributed by atoms with Crippen molar-refractivity contribution in [3.63, 3.8) is 0 Å². The van der Waals surface area contributed by atoms with E-state index in [0.29, 0.717) is 16.8 Å². The first kappa shape index (κ1) is 19.8. The SMILES string of the molecule is CCc1ccc(C(=O)CCC(=O)Nc2ccc(CS(N)(=O)=O)cc2)cc1. The zero-order valence-electron chi connectivity index (χ0n) is 14.6. The van der Waals surface area contributed by atoms with Gasteiger partial charge in [-0.15, -0.1) is 0 Å². The first-order valence-corrected chi connectivity index (χ1v) is 10.00. The van der Waals surface area contributed by atoms with Crippen LogP contribution in [-0.4, -0.2) is 20.1 Å². The predicted molar refractivity (Wildman–Crippen MR) is 101 cm³/mol. The molecule has 6 nitrogen and oxygen atoms in total. The Morgan fingerprint density at radius 3 is 2.04 bits per heavy atom. The molecule has 0 aliphatic rings. The number of primary sulfonamides is 1. The fourth-order valence-corrected chi connectivity index (χ4v) is 3.09. The summed E-state index contributed by atoms with van der Waals surface area (Å²) in [6.07, 6.45) is 1.11. The van der Waals surface area contributed by atoms with Crippen LogP contribution >= 0.6 is 0 Å². The lowest BCUT2D eigenvalue weighted by Gasteiger charge is -2.07. The summed E-state index contributed by atoms with van der Waals surface area (Å²) >= 11 is 0. The molecule has 26 heavy (non-hydrogen) atoms. The maximum atomic E-state index is 12.1. The van der Waals surface area contributed by atoms with Gasteiger partial charge < -0.3 is 5.32 Å². The molecule has 0 saturated heterocycles. The van der Waals surface area contributed by atoms with E-state index in [9.17, 15) is 18.0 Å². The van der Waals surface area contributed by atoms with Crippen molar-refractivity contribution >= 4 is 27.4 Å². The Kier molecular flexibility index (Phi) is 6.65. The van der Waals surface area contributed by atoms with Crippen LogP contribution in [0.25, 0.3) is 0 Å². The molecule has 0 radical (unpaired) electrons. The molecule has 0 aliphatic carbocycles. The van der Waals surface area contributed by atoms with Crippen molar-refractivity contribution in [2.45, 2.75) is 31.9 Å². The zero-order chi connectivity index (χ0) is 19.2.